The molecule has 2 aliphatic carbocycles. The van der Waals surface area contributed by atoms with E-state index >= 15 is 0 Å². The van der Waals surface area contributed by atoms with Gasteiger partial charge < -0.3 is 0 Å². The zero-order valence-electron chi connectivity index (χ0n) is 36.9. The normalized spacial score (nSPS) is 16.1. The quantitative estimate of drug-likeness (QED) is 0.127. The van der Waals surface area contributed by atoms with Gasteiger partial charge in [-0.3, -0.25) is 0 Å². The minimum absolute atomic E-state index is 0.191. The Labute approximate surface area is 376 Å². The molecule has 0 aromatic heterocycles. The SMILES string of the molecule is CCC(=O)N[B](NC(=O)CC)[Hf]([Cl])([Cl])([CH]1C(c2ccccc2)=Cc2c(-c3ccc(C)c(C)c3C)cccc21)[CH]1C(c2ccccc2)=Cc2c(-c3ccc(C)c(C)c3C)cccc21. The number of benzene rings is 6. The first-order chi connectivity index (χ1) is 29.7. The third kappa shape index (κ3) is 7.30. The minimum atomic E-state index is -6.52. The topological polar surface area (TPSA) is 58.2 Å². The Hall–Kier alpha value is -4.74. The third-order valence-electron chi connectivity index (χ3n) is 13.9. The summed E-state index contributed by atoms with van der Waals surface area (Å²) in [5, 5.41) is 6.64. The van der Waals surface area contributed by atoms with Crippen molar-refractivity contribution < 1.29 is 25.5 Å². The molecule has 0 saturated carbocycles. The van der Waals surface area contributed by atoms with E-state index in [4.69, 9.17) is 17.2 Å². The number of allylic oxidation sites excluding steroid dienone is 2. The van der Waals surface area contributed by atoms with Crippen LogP contribution in [0.1, 0.15) is 101 Å². The number of halogens is 2. The van der Waals surface area contributed by atoms with Gasteiger partial charge in [-0.1, -0.05) is 0 Å². The van der Waals surface area contributed by atoms with Crippen molar-refractivity contribution in [3.8, 4) is 22.3 Å². The van der Waals surface area contributed by atoms with Crippen LogP contribution in [0.5, 0.6) is 0 Å². The predicted molar refractivity (Wildman–Crippen MR) is 261 cm³/mol. The van der Waals surface area contributed by atoms with Crippen LogP contribution in [0.4, 0.5) is 0 Å². The van der Waals surface area contributed by atoms with Crippen LogP contribution in [-0.4, -0.2) is 16.4 Å². The molecule has 2 aliphatic rings. The molecule has 2 amide bonds. The van der Waals surface area contributed by atoms with Crippen molar-refractivity contribution in [3.63, 3.8) is 0 Å². The van der Waals surface area contributed by atoms with Gasteiger partial charge in [-0.05, 0) is 0 Å². The van der Waals surface area contributed by atoms with Crippen LogP contribution in [0.25, 0.3) is 45.6 Å². The van der Waals surface area contributed by atoms with E-state index in [1.165, 1.54) is 33.4 Å². The van der Waals surface area contributed by atoms with Gasteiger partial charge in [0, 0.05) is 0 Å². The molecule has 0 aliphatic heterocycles. The summed E-state index contributed by atoms with van der Waals surface area (Å²) in [4.78, 5) is 28.0. The fourth-order valence-electron chi connectivity index (χ4n) is 10.1. The molecular weight excluding hydrogens is 969 g/mol. The molecule has 8 heteroatoms. The molecule has 0 heterocycles. The molecule has 0 fully saturated rings. The zero-order valence-corrected chi connectivity index (χ0v) is 42.0. The maximum absolute atomic E-state index is 14.0. The molecule has 0 spiro atoms. The van der Waals surface area contributed by atoms with Crippen molar-refractivity contribution in [2.24, 2.45) is 0 Å². The number of fused-ring (bicyclic) bond motifs is 2. The Morgan fingerprint density at radius 1 is 0.500 bits per heavy atom. The van der Waals surface area contributed by atoms with E-state index in [9.17, 15) is 9.59 Å². The molecule has 4 nitrogen and oxygen atoms in total. The zero-order chi connectivity index (χ0) is 44.1. The number of carbonyl (C=O) groups is 2. The van der Waals surface area contributed by atoms with E-state index in [0.29, 0.717) is 0 Å². The fourth-order valence-corrected chi connectivity index (χ4v) is 38.4. The third-order valence-corrected chi connectivity index (χ3v) is 42.1. The molecule has 6 aromatic rings. The van der Waals surface area contributed by atoms with Crippen LogP contribution in [0.3, 0.4) is 0 Å². The van der Waals surface area contributed by atoms with Crippen molar-refractivity contribution in [2.75, 3.05) is 0 Å². The predicted octanol–water partition coefficient (Wildman–Crippen LogP) is 13.8. The summed E-state index contributed by atoms with van der Waals surface area (Å²) in [6.07, 6.45) is 4.96. The van der Waals surface area contributed by atoms with Gasteiger partial charge >= 0.3 is 379 Å². The Kier molecular flexibility index (Phi) is 12.1. The van der Waals surface area contributed by atoms with Crippen LogP contribution in [0, 0.1) is 41.5 Å². The van der Waals surface area contributed by atoms with Gasteiger partial charge in [0.05, 0.1) is 0 Å². The summed E-state index contributed by atoms with van der Waals surface area (Å²) in [5.74, 6) is -0.469. The molecular formula is C54H54BCl2HfN2O2. The average Bonchev–Trinajstić information content (AvgIpc) is 3.90. The number of aryl methyl sites for hydroxylation is 2. The van der Waals surface area contributed by atoms with Crippen LogP contribution in [0.2, 0.25) is 0 Å². The van der Waals surface area contributed by atoms with E-state index in [1.807, 2.05) is 50.2 Å². The number of rotatable bonds is 11. The molecule has 62 heavy (non-hydrogen) atoms. The summed E-state index contributed by atoms with van der Waals surface area (Å²) in [7, 11) is 18.3. The van der Waals surface area contributed by atoms with Gasteiger partial charge in [0.2, 0.25) is 0 Å². The summed E-state index contributed by atoms with van der Waals surface area (Å²) in [5.41, 5.74) is 20.0. The second-order valence-electron chi connectivity index (χ2n) is 17.3. The van der Waals surface area contributed by atoms with Gasteiger partial charge in [-0.15, -0.1) is 0 Å². The monoisotopic (exact) mass is 1020 g/mol. The number of amides is 2. The maximum atomic E-state index is 14.0. The van der Waals surface area contributed by atoms with Crippen molar-refractivity contribution in [3.05, 3.63) is 188 Å². The molecule has 6 aromatic carbocycles. The van der Waals surface area contributed by atoms with Gasteiger partial charge in [0.25, 0.3) is 0 Å². The standard InChI is InChI=1S/2C24H21.C6H11BN2O2.2ClH.Hf/c2*1-16-12-13-22(18(3)17(16)2)23-11-7-10-20-14-21(15-24(20)23)19-8-5-4-6-9-19;1-3-5(10)8-7-9-6(11)4-2;;;/h2*4-15H,1-3H3;3-4H2,1-2H3,(H-,8,9,10,11);2*1H;/q;;;;;+1/p-1. The first-order valence-corrected chi connectivity index (χ1v) is 36.9. The Morgan fingerprint density at radius 3 is 1.26 bits per heavy atom. The molecule has 0 saturated heterocycles. The van der Waals surface area contributed by atoms with Gasteiger partial charge in [0.15, 0.2) is 0 Å². The van der Waals surface area contributed by atoms with Crippen LogP contribution < -0.4 is 10.5 Å². The van der Waals surface area contributed by atoms with Gasteiger partial charge in [-0.2, -0.15) is 0 Å². The second kappa shape index (κ2) is 17.1. The number of carbonyl (C=O) groups excluding carboxylic acids is 2. The van der Waals surface area contributed by atoms with Crippen molar-refractivity contribution >= 4 is 56.8 Å². The van der Waals surface area contributed by atoms with E-state index in [2.05, 4.69) is 149 Å². The number of hydrogen-bond donors (Lipinski definition) is 2. The van der Waals surface area contributed by atoms with Gasteiger partial charge in [-0.25, -0.2) is 0 Å². The van der Waals surface area contributed by atoms with Crippen molar-refractivity contribution in [2.45, 2.75) is 75.6 Å². The second-order valence-corrected chi connectivity index (χ2v) is 47.7. The fraction of sp³-hybridized carbons (Fsp3) is 0.222. The molecule has 8 rings (SSSR count). The first-order valence-electron chi connectivity index (χ1n) is 21.8. The summed E-state index contributed by atoms with van der Waals surface area (Å²) in [6, 6.07) is 42.5. The van der Waals surface area contributed by atoms with Crippen molar-refractivity contribution in [1.29, 1.82) is 0 Å². The van der Waals surface area contributed by atoms with E-state index in [0.717, 1.165) is 66.8 Å². The summed E-state index contributed by atoms with van der Waals surface area (Å²) < 4.78 is -2.21. The molecule has 313 valence electrons. The molecule has 2 N–H and O–H groups in total. The van der Waals surface area contributed by atoms with Gasteiger partial charge in [0.1, 0.15) is 0 Å². The summed E-state index contributed by atoms with van der Waals surface area (Å²) in [6.45, 7) is 16.7. The summed E-state index contributed by atoms with van der Waals surface area (Å²) >= 11 is -6.52. The Balaban J connectivity index is 1.51. The molecule has 0 bridgehead atoms. The Morgan fingerprint density at radius 2 is 0.887 bits per heavy atom. The Bertz CT molecular complexity index is 2650. The first kappa shape index (κ1) is 43.9. The molecule has 2 unspecified atom stereocenters. The average molecular weight is 1020 g/mol. The molecule has 2 atom stereocenters. The molecule has 0 radical (unpaired) electrons. The van der Waals surface area contributed by atoms with E-state index in [-0.39, 0.29) is 24.7 Å². The number of nitrogens with one attached hydrogen (secondary N) is 2. The number of hydrogen-bond acceptors (Lipinski definition) is 2. The van der Waals surface area contributed by atoms with E-state index < -0.39 is 27.8 Å². The van der Waals surface area contributed by atoms with Crippen LogP contribution >= 0.6 is 17.2 Å². The van der Waals surface area contributed by atoms with Crippen LogP contribution in [0.15, 0.2) is 121 Å². The van der Waals surface area contributed by atoms with Crippen molar-refractivity contribution in [1.82, 2.24) is 10.5 Å². The van der Waals surface area contributed by atoms with Crippen LogP contribution in [-0.2, 0) is 25.5 Å². The van der Waals surface area contributed by atoms with E-state index in [1.54, 1.807) is 0 Å².